The predicted octanol–water partition coefficient (Wildman–Crippen LogP) is 0.760. The molecule has 1 heterocycles. The van der Waals surface area contributed by atoms with Crippen LogP contribution < -0.4 is 0 Å². The molecule has 8 heavy (non-hydrogen) atoms. The van der Waals surface area contributed by atoms with Crippen molar-refractivity contribution in [2.24, 2.45) is 0 Å². The van der Waals surface area contributed by atoms with Gasteiger partial charge in [-0.25, -0.2) is 4.79 Å². The maximum Gasteiger partial charge on any atom is 0.407 e. The van der Waals surface area contributed by atoms with Crippen molar-refractivity contribution in [3.63, 3.8) is 0 Å². The van der Waals surface area contributed by atoms with E-state index in [-0.39, 0.29) is 0 Å². The number of rotatable bonds is 0. The predicted molar refractivity (Wildman–Crippen MR) is 28.8 cm³/mol. The number of nitrogens with zero attached hydrogens (tertiary/aromatic N) is 1. The van der Waals surface area contributed by atoms with Crippen LogP contribution in [0.2, 0.25) is 0 Å². The molecule has 0 bridgehead atoms. The second-order valence-corrected chi connectivity index (χ2v) is 1.80. The standard InChI is InChI=1S/C5H9NO2/c7-5(8)6-3-1-2-4-6/h1-4H2,(H,7,8)/i3D/t3-/m0/s1. The van der Waals surface area contributed by atoms with Gasteiger partial charge in [-0.15, -0.1) is 0 Å². The van der Waals surface area contributed by atoms with E-state index < -0.39 is 12.6 Å². The average molecular weight is 116 g/mol. The largest absolute Gasteiger partial charge is 0.465 e. The summed E-state index contributed by atoms with van der Waals surface area (Å²) in [5.41, 5.74) is 0. The first-order valence-electron chi connectivity index (χ1n) is 3.21. The molecule has 46 valence electrons. The summed E-state index contributed by atoms with van der Waals surface area (Å²) in [5, 5.41) is 8.39. The van der Waals surface area contributed by atoms with Crippen LogP contribution in [0, 0.1) is 0 Å². The molecule has 0 aromatic heterocycles. The maximum atomic E-state index is 10.2. The van der Waals surface area contributed by atoms with Gasteiger partial charge in [-0.05, 0) is 12.8 Å². The van der Waals surface area contributed by atoms with Gasteiger partial charge in [-0.2, -0.15) is 0 Å². The first-order chi connectivity index (χ1) is 4.22. The fraction of sp³-hybridized carbons (Fsp3) is 0.800. The highest BCUT2D eigenvalue weighted by Gasteiger charge is 2.15. The van der Waals surface area contributed by atoms with E-state index in [1.165, 1.54) is 0 Å². The summed E-state index contributed by atoms with van der Waals surface area (Å²) in [6.07, 6.45) is 0.555. The Bertz CT molecular complexity index is 128. The van der Waals surface area contributed by atoms with Gasteiger partial charge in [0.15, 0.2) is 0 Å². The summed E-state index contributed by atoms with van der Waals surface area (Å²) >= 11 is 0. The van der Waals surface area contributed by atoms with Crippen molar-refractivity contribution in [3.05, 3.63) is 0 Å². The molecule has 0 aromatic rings. The number of hydrogen-bond acceptors (Lipinski definition) is 1. The molecule has 3 nitrogen and oxygen atoms in total. The first kappa shape index (κ1) is 4.18. The zero-order valence-electron chi connectivity index (χ0n) is 5.50. The Balaban J connectivity index is 2.49. The van der Waals surface area contributed by atoms with Crippen molar-refractivity contribution in [1.29, 1.82) is 0 Å². The number of hydrogen-bond donors (Lipinski definition) is 1. The third-order valence-electron chi connectivity index (χ3n) is 1.20. The third kappa shape index (κ3) is 0.911. The van der Waals surface area contributed by atoms with Gasteiger partial charge in [-0.1, -0.05) is 0 Å². The zero-order valence-corrected chi connectivity index (χ0v) is 4.50. The highest BCUT2D eigenvalue weighted by atomic mass is 16.4. The van der Waals surface area contributed by atoms with E-state index in [4.69, 9.17) is 6.48 Å². The Labute approximate surface area is 49.3 Å². The molecule has 1 aliphatic heterocycles. The van der Waals surface area contributed by atoms with Crippen molar-refractivity contribution >= 4 is 6.09 Å². The van der Waals surface area contributed by atoms with Crippen LogP contribution in [0.5, 0.6) is 0 Å². The molecular formula is C5H9NO2. The molecule has 1 atom stereocenters. The minimum atomic E-state index is -0.965. The van der Waals surface area contributed by atoms with E-state index in [9.17, 15) is 4.79 Å². The van der Waals surface area contributed by atoms with E-state index in [0.29, 0.717) is 13.0 Å². The van der Waals surface area contributed by atoms with Gasteiger partial charge in [0.1, 0.15) is 0 Å². The van der Waals surface area contributed by atoms with Gasteiger partial charge >= 0.3 is 6.09 Å². The summed E-state index contributed by atoms with van der Waals surface area (Å²) in [6, 6.07) is 0. The molecule has 1 amide bonds. The topological polar surface area (TPSA) is 40.5 Å². The molecule has 3 heteroatoms. The van der Waals surface area contributed by atoms with Crippen molar-refractivity contribution in [2.45, 2.75) is 12.8 Å². The SMILES string of the molecule is [2H][C@H]1CCCN1C(=O)O. The van der Waals surface area contributed by atoms with Crippen LogP contribution in [0.3, 0.4) is 0 Å². The Hall–Kier alpha value is -0.730. The van der Waals surface area contributed by atoms with E-state index in [1.54, 1.807) is 0 Å². The summed E-state index contributed by atoms with van der Waals surface area (Å²) in [5.74, 6) is 0. The Morgan fingerprint density at radius 3 is 2.75 bits per heavy atom. The van der Waals surface area contributed by atoms with Gasteiger partial charge in [0.25, 0.3) is 0 Å². The van der Waals surface area contributed by atoms with Crippen LogP contribution in [0.4, 0.5) is 4.79 Å². The molecule has 1 aliphatic rings. The molecule has 1 fully saturated rings. The minimum Gasteiger partial charge on any atom is -0.465 e. The minimum absolute atomic E-state index is 0.512. The van der Waals surface area contributed by atoms with Gasteiger partial charge in [0.2, 0.25) is 0 Å². The second-order valence-electron chi connectivity index (χ2n) is 1.80. The van der Waals surface area contributed by atoms with Crippen LogP contribution in [0.15, 0.2) is 0 Å². The number of likely N-dealkylation sites (tertiary alicyclic amines) is 1. The Kier molecular flexibility index (Phi) is 1.06. The molecule has 0 saturated carbocycles. The zero-order chi connectivity index (χ0) is 6.85. The van der Waals surface area contributed by atoms with E-state index in [1.807, 2.05) is 0 Å². The van der Waals surface area contributed by atoms with Crippen LogP contribution in [-0.4, -0.2) is 29.2 Å². The monoisotopic (exact) mass is 116 g/mol. The molecule has 0 aromatic carbocycles. The van der Waals surface area contributed by atoms with Crippen molar-refractivity contribution in [2.75, 3.05) is 13.1 Å². The van der Waals surface area contributed by atoms with Crippen molar-refractivity contribution in [3.8, 4) is 0 Å². The van der Waals surface area contributed by atoms with Crippen LogP contribution in [0.25, 0.3) is 0 Å². The fourth-order valence-corrected chi connectivity index (χ4v) is 0.774. The molecule has 1 N–H and O–H groups in total. The van der Waals surface area contributed by atoms with E-state index >= 15 is 0 Å². The molecule has 0 spiro atoms. The number of carbonyl (C=O) groups is 1. The van der Waals surface area contributed by atoms with Gasteiger partial charge in [-0.3, -0.25) is 0 Å². The van der Waals surface area contributed by atoms with Crippen LogP contribution >= 0.6 is 0 Å². The summed E-state index contributed by atoms with van der Waals surface area (Å²) in [6.45, 7) is 0.0197. The Morgan fingerprint density at radius 2 is 2.50 bits per heavy atom. The van der Waals surface area contributed by atoms with Gasteiger partial charge in [0.05, 0.1) is 0 Å². The summed E-state index contributed by atoms with van der Waals surface area (Å²) in [4.78, 5) is 11.4. The molecule has 0 aliphatic carbocycles. The highest BCUT2D eigenvalue weighted by Crippen LogP contribution is 2.05. The normalized spacial score (nSPS) is 30.2. The smallest absolute Gasteiger partial charge is 0.407 e. The lowest BCUT2D eigenvalue weighted by molar-refractivity contribution is 0.156. The van der Waals surface area contributed by atoms with E-state index in [0.717, 1.165) is 11.3 Å². The summed E-state index contributed by atoms with van der Waals surface area (Å²) in [7, 11) is 0. The third-order valence-corrected chi connectivity index (χ3v) is 1.20. The second kappa shape index (κ2) is 2.03. The van der Waals surface area contributed by atoms with Gasteiger partial charge < -0.3 is 10.0 Å². The highest BCUT2D eigenvalue weighted by molar-refractivity contribution is 5.65. The van der Waals surface area contributed by atoms with Crippen LogP contribution in [0.1, 0.15) is 14.2 Å². The summed E-state index contributed by atoms with van der Waals surface area (Å²) < 4.78 is 7.16. The average Bonchev–Trinajstić information content (AvgIpc) is 2.13. The number of amides is 1. The lowest BCUT2D eigenvalue weighted by Gasteiger charge is -2.07. The molecule has 1 rings (SSSR count). The fourth-order valence-electron chi connectivity index (χ4n) is 0.774. The van der Waals surface area contributed by atoms with Crippen molar-refractivity contribution in [1.82, 2.24) is 4.90 Å². The Morgan fingerprint density at radius 1 is 1.75 bits per heavy atom. The lowest BCUT2D eigenvalue weighted by atomic mass is 10.4. The van der Waals surface area contributed by atoms with Crippen molar-refractivity contribution < 1.29 is 11.3 Å². The van der Waals surface area contributed by atoms with Crippen LogP contribution in [-0.2, 0) is 0 Å². The number of carboxylic acid groups (broad SMARTS) is 1. The molecule has 0 radical (unpaired) electrons. The molecular weight excluding hydrogens is 106 g/mol. The quantitative estimate of drug-likeness (QED) is 0.507. The van der Waals surface area contributed by atoms with Gasteiger partial charge in [0, 0.05) is 14.4 Å². The first-order valence-corrected chi connectivity index (χ1v) is 2.63. The maximum absolute atomic E-state index is 10.2. The lowest BCUT2D eigenvalue weighted by Crippen LogP contribution is -2.25. The van der Waals surface area contributed by atoms with E-state index in [2.05, 4.69) is 0 Å². The molecule has 1 saturated heterocycles. The molecule has 0 unspecified atom stereocenters.